The van der Waals surface area contributed by atoms with Crippen molar-refractivity contribution in [3.63, 3.8) is 0 Å². The van der Waals surface area contributed by atoms with Gasteiger partial charge in [0.15, 0.2) is 12.6 Å². The average molecular weight is 385 g/mol. The second-order valence-corrected chi connectivity index (χ2v) is 7.97. The smallest absolute Gasteiger partial charge is 0.282 e. The highest BCUT2D eigenvalue weighted by molar-refractivity contribution is 5.93. The van der Waals surface area contributed by atoms with Crippen LogP contribution in [-0.2, 0) is 9.59 Å². The van der Waals surface area contributed by atoms with Gasteiger partial charge in [0.1, 0.15) is 11.5 Å². The van der Waals surface area contributed by atoms with Crippen molar-refractivity contribution < 1.29 is 19.2 Å². The van der Waals surface area contributed by atoms with E-state index in [0.717, 1.165) is 10.6 Å². The molecule has 1 unspecified atom stereocenters. The topological polar surface area (TPSA) is 71.9 Å². The number of hydrogen-bond acceptors (Lipinski definition) is 3. The zero-order valence-corrected chi connectivity index (χ0v) is 17.2. The molecule has 0 aliphatic rings. The van der Waals surface area contributed by atoms with Crippen LogP contribution in [0.15, 0.2) is 54.6 Å². The Morgan fingerprint density at radius 2 is 1.57 bits per heavy atom. The van der Waals surface area contributed by atoms with Gasteiger partial charge in [-0.25, -0.2) is 0 Å². The summed E-state index contributed by atoms with van der Waals surface area (Å²) in [5, 5.41) is 5.80. The lowest BCUT2D eigenvalue weighted by Crippen LogP contribution is -3.15. The van der Waals surface area contributed by atoms with Crippen LogP contribution in [0, 0.1) is 0 Å². The summed E-state index contributed by atoms with van der Waals surface area (Å²) < 4.78 is 5.75. The van der Waals surface area contributed by atoms with E-state index in [1.54, 1.807) is 24.3 Å². The van der Waals surface area contributed by atoms with Crippen molar-refractivity contribution in [2.75, 3.05) is 18.9 Å². The molecule has 0 spiro atoms. The molecule has 28 heavy (non-hydrogen) atoms. The van der Waals surface area contributed by atoms with E-state index in [1.807, 2.05) is 65.1 Å². The molecule has 0 bridgehead atoms. The number of para-hydroxylation sites is 1. The van der Waals surface area contributed by atoms with Crippen molar-refractivity contribution in [2.45, 2.75) is 39.3 Å². The number of likely N-dealkylation sites (N-methyl/N-ethyl adjacent to an activating group) is 1. The van der Waals surface area contributed by atoms with Crippen molar-refractivity contribution in [1.82, 2.24) is 5.32 Å². The molecule has 150 valence electrons. The number of hydrogen-bond donors (Lipinski definition) is 3. The third-order valence-corrected chi connectivity index (χ3v) is 4.19. The number of rotatable bonds is 7. The van der Waals surface area contributed by atoms with Crippen LogP contribution in [0.3, 0.4) is 0 Å². The number of nitrogens with one attached hydrogen (secondary N) is 3. The van der Waals surface area contributed by atoms with E-state index in [4.69, 9.17) is 4.74 Å². The molecule has 0 heterocycles. The summed E-state index contributed by atoms with van der Waals surface area (Å²) in [6, 6.07) is 16.3. The molecule has 3 N–H and O–H groups in total. The Hall–Kier alpha value is -2.86. The van der Waals surface area contributed by atoms with Crippen LogP contribution in [-0.4, -0.2) is 37.0 Å². The summed E-state index contributed by atoms with van der Waals surface area (Å²) in [6.07, 6.45) is 0. The predicted octanol–water partition coefficient (Wildman–Crippen LogP) is 2.24. The Morgan fingerprint density at radius 1 is 1.00 bits per heavy atom. The molecule has 6 nitrogen and oxygen atoms in total. The molecule has 0 aliphatic carbocycles. The fourth-order valence-corrected chi connectivity index (χ4v) is 2.57. The number of carbonyl (C=O) groups excluding carboxylic acids is 2. The third kappa shape index (κ3) is 7.04. The number of quaternary nitrogens is 1. The lowest BCUT2D eigenvalue weighted by atomic mass is 10.1. The molecule has 0 radical (unpaired) electrons. The van der Waals surface area contributed by atoms with Crippen molar-refractivity contribution >= 4 is 17.5 Å². The first-order valence-electron chi connectivity index (χ1n) is 9.41. The fourth-order valence-electron chi connectivity index (χ4n) is 2.57. The van der Waals surface area contributed by atoms with E-state index in [2.05, 4.69) is 10.6 Å². The van der Waals surface area contributed by atoms with Gasteiger partial charge in [-0.2, -0.15) is 0 Å². The minimum atomic E-state index is -0.369. The molecule has 0 aromatic heterocycles. The Labute approximate surface area is 166 Å². The molecule has 2 rings (SSSR count). The van der Waals surface area contributed by atoms with Gasteiger partial charge in [0, 0.05) is 11.2 Å². The van der Waals surface area contributed by atoms with Crippen molar-refractivity contribution in [3.05, 3.63) is 54.6 Å². The van der Waals surface area contributed by atoms with E-state index in [0.29, 0.717) is 11.4 Å². The first-order valence-corrected chi connectivity index (χ1v) is 9.41. The molecule has 2 aromatic rings. The van der Waals surface area contributed by atoms with Gasteiger partial charge in [0.25, 0.3) is 11.8 Å². The Kier molecular flexibility index (Phi) is 7.18. The largest absolute Gasteiger partial charge is 0.457 e. The number of benzene rings is 2. The monoisotopic (exact) mass is 384 g/mol. The lowest BCUT2D eigenvalue weighted by molar-refractivity contribution is -0.885. The van der Waals surface area contributed by atoms with Gasteiger partial charge in [0.2, 0.25) is 0 Å². The van der Waals surface area contributed by atoms with E-state index < -0.39 is 0 Å². The highest BCUT2D eigenvalue weighted by Gasteiger charge is 2.25. The zero-order valence-electron chi connectivity index (χ0n) is 17.2. The molecule has 0 aliphatic heterocycles. The highest BCUT2D eigenvalue weighted by Crippen LogP contribution is 2.22. The summed E-state index contributed by atoms with van der Waals surface area (Å²) in [5.41, 5.74) is 0.399. The summed E-state index contributed by atoms with van der Waals surface area (Å²) in [7, 11) is 1.84. The van der Waals surface area contributed by atoms with Crippen LogP contribution in [0.2, 0.25) is 0 Å². The second kappa shape index (κ2) is 9.37. The van der Waals surface area contributed by atoms with Crippen LogP contribution >= 0.6 is 0 Å². The van der Waals surface area contributed by atoms with Crippen molar-refractivity contribution in [2.24, 2.45) is 0 Å². The number of carbonyl (C=O) groups is 2. The van der Waals surface area contributed by atoms with E-state index in [9.17, 15) is 9.59 Å². The number of ether oxygens (including phenoxy) is 1. The molecule has 0 saturated carbocycles. The molecular formula is C22H30N3O3+. The quantitative estimate of drug-likeness (QED) is 0.686. The molecule has 2 aromatic carbocycles. The average Bonchev–Trinajstić information content (AvgIpc) is 2.61. The third-order valence-electron chi connectivity index (χ3n) is 4.19. The lowest BCUT2D eigenvalue weighted by Gasteiger charge is -2.24. The van der Waals surface area contributed by atoms with Gasteiger partial charge < -0.3 is 20.3 Å². The van der Waals surface area contributed by atoms with Gasteiger partial charge in [-0.3, -0.25) is 9.59 Å². The maximum atomic E-state index is 12.5. The van der Waals surface area contributed by atoms with Gasteiger partial charge in [-0.05, 0) is 64.1 Å². The maximum absolute atomic E-state index is 12.5. The SMILES string of the molecule is C[C@H](C(=O)Nc1ccc(Oc2ccccc2)cc1)[NH+](C)CC(=O)NC(C)(C)C. The maximum Gasteiger partial charge on any atom is 0.282 e. The van der Waals surface area contributed by atoms with Crippen LogP contribution in [0.4, 0.5) is 5.69 Å². The predicted molar refractivity (Wildman–Crippen MR) is 111 cm³/mol. The summed E-state index contributed by atoms with van der Waals surface area (Å²) in [5.74, 6) is 1.23. The van der Waals surface area contributed by atoms with Gasteiger partial charge >= 0.3 is 0 Å². The zero-order chi connectivity index (χ0) is 20.7. The van der Waals surface area contributed by atoms with E-state index in [-0.39, 0.29) is 29.9 Å². The Balaban J connectivity index is 1.88. The van der Waals surface area contributed by atoms with Crippen molar-refractivity contribution in [3.8, 4) is 11.5 Å². The van der Waals surface area contributed by atoms with Crippen LogP contribution in [0.25, 0.3) is 0 Å². The normalized spacial score (nSPS) is 13.3. The minimum absolute atomic E-state index is 0.0768. The van der Waals surface area contributed by atoms with E-state index in [1.165, 1.54) is 0 Å². The van der Waals surface area contributed by atoms with Gasteiger partial charge in [0.05, 0.1) is 7.05 Å². The molecule has 2 atom stereocenters. The molecular weight excluding hydrogens is 354 g/mol. The minimum Gasteiger partial charge on any atom is -0.457 e. The first kappa shape index (κ1) is 21.4. The van der Waals surface area contributed by atoms with Crippen LogP contribution in [0.1, 0.15) is 27.7 Å². The highest BCUT2D eigenvalue weighted by atomic mass is 16.5. The molecule has 0 fully saturated rings. The number of anilines is 1. The molecule has 0 saturated heterocycles. The first-order chi connectivity index (χ1) is 13.1. The molecule has 6 heteroatoms. The van der Waals surface area contributed by atoms with E-state index >= 15 is 0 Å². The van der Waals surface area contributed by atoms with Gasteiger partial charge in [-0.15, -0.1) is 0 Å². The fraction of sp³-hybridized carbons (Fsp3) is 0.364. The van der Waals surface area contributed by atoms with Crippen LogP contribution < -0.4 is 20.3 Å². The van der Waals surface area contributed by atoms with Crippen molar-refractivity contribution in [1.29, 1.82) is 0 Å². The summed E-state index contributed by atoms with van der Waals surface area (Å²) >= 11 is 0. The Bertz CT molecular complexity index is 783. The second-order valence-electron chi connectivity index (χ2n) is 7.97. The summed E-state index contributed by atoms with van der Waals surface area (Å²) in [6.45, 7) is 7.84. The molecule has 2 amide bonds. The van der Waals surface area contributed by atoms with Gasteiger partial charge in [-0.1, -0.05) is 18.2 Å². The standard InChI is InChI=1S/C22H29N3O3/c1-16(25(5)15-20(26)24-22(2,3)4)21(27)23-17-11-13-19(14-12-17)28-18-9-7-6-8-10-18/h6-14,16H,15H2,1-5H3,(H,23,27)(H,24,26)/p+1/t16-/m1/s1. The summed E-state index contributed by atoms with van der Waals surface area (Å²) in [4.78, 5) is 25.4. The van der Waals surface area contributed by atoms with Crippen LogP contribution in [0.5, 0.6) is 11.5 Å². The number of amides is 2. The Morgan fingerprint density at radius 3 is 2.14 bits per heavy atom.